The number of nitro benzene ring substituents is 1. The fourth-order valence-corrected chi connectivity index (χ4v) is 3.66. The molecule has 10 heteroatoms. The molecular weight excluding hydrogens is 398 g/mol. The van der Waals surface area contributed by atoms with Crippen LogP contribution in [0.15, 0.2) is 54.9 Å². The van der Waals surface area contributed by atoms with Gasteiger partial charge in [0.25, 0.3) is 5.69 Å². The highest BCUT2D eigenvalue weighted by molar-refractivity contribution is 5.97. The summed E-state index contributed by atoms with van der Waals surface area (Å²) in [5, 5.41) is 22.0. The summed E-state index contributed by atoms with van der Waals surface area (Å²) in [7, 11) is 0. The summed E-state index contributed by atoms with van der Waals surface area (Å²) in [6, 6.07) is 14.1. The van der Waals surface area contributed by atoms with Gasteiger partial charge in [-0.3, -0.25) is 19.8 Å². The molecule has 4 rings (SSSR count). The van der Waals surface area contributed by atoms with Crippen molar-refractivity contribution in [1.29, 1.82) is 0 Å². The summed E-state index contributed by atoms with van der Waals surface area (Å²) in [5.74, 6) is 0.0910. The maximum atomic E-state index is 12.6. The molecule has 0 spiro atoms. The van der Waals surface area contributed by atoms with Crippen LogP contribution in [0, 0.1) is 10.1 Å². The van der Waals surface area contributed by atoms with Gasteiger partial charge in [-0.15, -0.1) is 5.10 Å². The summed E-state index contributed by atoms with van der Waals surface area (Å²) >= 11 is 0. The molecule has 3 aromatic rings. The molecule has 1 aliphatic heterocycles. The predicted molar refractivity (Wildman–Crippen MR) is 113 cm³/mol. The molecule has 0 saturated carbocycles. The van der Waals surface area contributed by atoms with Crippen LogP contribution in [-0.4, -0.2) is 80.0 Å². The Kier molecular flexibility index (Phi) is 6.39. The minimum absolute atomic E-state index is 0.0910. The van der Waals surface area contributed by atoms with E-state index in [4.69, 9.17) is 0 Å². The number of carbonyl (C=O) groups is 1. The summed E-state index contributed by atoms with van der Waals surface area (Å²) in [6.45, 7) is 4.64. The summed E-state index contributed by atoms with van der Waals surface area (Å²) in [5.41, 5.74) is 2.58. The van der Waals surface area contributed by atoms with Crippen molar-refractivity contribution in [3.8, 4) is 5.69 Å². The lowest BCUT2D eigenvalue weighted by atomic mass is 10.1. The van der Waals surface area contributed by atoms with E-state index in [9.17, 15) is 14.9 Å². The first-order chi connectivity index (χ1) is 15.1. The first-order valence-corrected chi connectivity index (χ1v) is 10.1. The van der Waals surface area contributed by atoms with E-state index in [2.05, 4.69) is 25.3 Å². The lowest BCUT2D eigenvalue weighted by Crippen LogP contribution is -2.48. The van der Waals surface area contributed by atoms with Gasteiger partial charge < -0.3 is 4.90 Å². The third-order valence-electron chi connectivity index (χ3n) is 5.47. The minimum Gasteiger partial charge on any atom is -0.300 e. The molecule has 1 aliphatic rings. The number of nitro groups is 1. The molecule has 1 aromatic heterocycles. The van der Waals surface area contributed by atoms with Gasteiger partial charge in [-0.1, -0.05) is 12.1 Å². The quantitative estimate of drug-likeness (QED) is 0.306. The van der Waals surface area contributed by atoms with Crippen molar-refractivity contribution in [2.24, 2.45) is 0 Å². The zero-order chi connectivity index (χ0) is 21.6. The molecule has 0 atom stereocenters. The van der Waals surface area contributed by atoms with Gasteiger partial charge >= 0.3 is 0 Å². The molecule has 0 amide bonds. The average Bonchev–Trinajstić information content (AvgIpc) is 3.34. The number of tetrazole rings is 1. The molecule has 0 bridgehead atoms. The molecule has 1 saturated heterocycles. The third-order valence-corrected chi connectivity index (χ3v) is 5.47. The summed E-state index contributed by atoms with van der Waals surface area (Å²) in [6.07, 6.45) is 2.28. The molecule has 2 heterocycles. The number of piperazine rings is 1. The SMILES string of the molecule is O=C(CN1CCN(CCc2cccc([N+](=O)[O-])c2)CC1)c1ccc(-n2cnnn2)cc1. The van der Waals surface area contributed by atoms with Crippen LogP contribution in [-0.2, 0) is 6.42 Å². The Bertz CT molecular complexity index is 1030. The Labute approximate surface area is 179 Å². The maximum absolute atomic E-state index is 12.6. The first-order valence-electron chi connectivity index (χ1n) is 10.1. The fraction of sp³-hybridized carbons (Fsp3) is 0.333. The first kappa shape index (κ1) is 20.8. The molecule has 0 unspecified atom stereocenters. The number of hydrogen-bond acceptors (Lipinski definition) is 8. The van der Waals surface area contributed by atoms with Crippen molar-refractivity contribution in [2.45, 2.75) is 6.42 Å². The zero-order valence-electron chi connectivity index (χ0n) is 17.0. The van der Waals surface area contributed by atoms with Gasteiger partial charge in [0.05, 0.1) is 17.2 Å². The van der Waals surface area contributed by atoms with Crippen molar-refractivity contribution in [3.05, 3.63) is 76.1 Å². The lowest BCUT2D eigenvalue weighted by Gasteiger charge is -2.34. The van der Waals surface area contributed by atoms with E-state index in [-0.39, 0.29) is 16.4 Å². The van der Waals surface area contributed by atoms with Crippen LogP contribution in [0.25, 0.3) is 5.69 Å². The maximum Gasteiger partial charge on any atom is 0.269 e. The van der Waals surface area contributed by atoms with E-state index in [0.717, 1.165) is 50.4 Å². The van der Waals surface area contributed by atoms with Crippen LogP contribution in [0.5, 0.6) is 0 Å². The molecule has 1 fully saturated rings. The molecule has 31 heavy (non-hydrogen) atoms. The van der Waals surface area contributed by atoms with Crippen molar-refractivity contribution in [2.75, 3.05) is 39.3 Å². The second-order valence-corrected chi connectivity index (χ2v) is 7.52. The smallest absolute Gasteiger partial charge is 0.269 e. The Balaban J connectivity index is 1.23. The van der Waals surface area contributed by atoms with Gasteiger partial charge in [-0.05, 0) is 46.7 Å². The van der Waals surface area contributed by atoms with Crippen molar-refractivity contribution in [3.63, 3.8) is 0 Å². The van der Waals surface area contributed by atoms with Crippen LogP contribution < -0.4 is 0 Å². The van der Waals surface area contributed by atoms with Crippen LogP contribution in [0.3, 0.4) is 0 Å². The average molecular weight is 421 g/mol. The van der Waals surface area contributed by atoms with Crippen molar-refractivity contribution in [1.82, 2.24) is 30.0 Å². The monoisotopic (exact) mass is 421 g/mol. The second-order valence-electron chi connectivity index (χ2n) is 7.52. The van der Waals surface area contributed by atoms with Crippen LogP contribution >= 0.6 is 0 Å². The van der Waals surface area contributed by atoms with E-state index in [0.29, 0.717) is 12.1 Å². The van der Waals surface area contributed by atoms with Gasteiger partial charge in [0.2, 0.25) is 0 Å². The number of carbonyl (C=O) groups excluding carboxylic acids is 1. The molecule has 2 aromatic carbocycles. The van der Waals surface area contributed by atoms with E-state index in [1.165, 1.54) is 12.4 Å². The number of hydrogen-bond donors (Lipinski definition) is 0. The van der Waals surface area contributed by atoms with E-state index in [1.807, 2.05) is 18.2 Å². The molecule has 160 valence electrons. The molecular formula is C21H23N7O3. The van der Waals surface area contributed by atoms with E-state index >= 15 is 0 Å². The van der Waals surface area contributed by atoms with Gasteiger partial charge in [-0.2, -0.15) is 0 Å². The summed E-state index contributed by atoms with van der Waals surface area (Å²) in [4.78, 5) is 27.7. The largest absolute Gasteiger partial charge is 0.300 e. The highest BCUT2D eigenvalue weighted by Gasteiger charge is 2.19. The molecule has 0 radical (unpaired) electrons. The van der Waals surface area contributed by atoms with Gasteiger partial charge in [0.1, 0.15) is 6.33 Å². The fourth-order valence-electron chi connectivity index (χ4n) is 3.66. The number of aromatic nitrogens is 4. The van der Waals surface area contributed by atoms with Crippen LogP contribution in [0.2, 0.25) is 0 Å². The number of Topliss-reactive ketones (excluding diaryl/α,β-unsaturated/α-hetero) is 1. The van der Waals surface area contributed by atoms with Crippen LogP contribution in [0.4, 0.5) is 5.69 Å². The Morgan fingerprint density at radius 3 is 2.45 bits per heavy atom. The van der Waals surface area contributed by atoms with Crippen LogP contribution in [0.1, 0.15) is 15.9 Å². The zero-order valence-corrected chi connectivity index (χ0v) is 17.0. The standard InChI is InChI=1S/C21H23N7O3/c29-21(18-4-6-19(7-5-18)27-16-22-23-24-27)15-26-12-10-25(11-13-26)9-8-17-2-1-3-20(14-17)28(30)31/h1-7,14,16H,8-13,15H2. The molecule has 10 nitrogen and oxygen atoms in total. The van der Waals surface area contributed by atoms with E-state index < -0.39 is 0 Å². The Hall–Kier alpha value is -3.50. The topological polar surface area (TPSA) is 110 Å². The second kappa shape index (κ2) is 9.54. The normalized spacial score (nSPS) is 15.1. The number of nitrogens with zero attached hydrogens (tertiary/aromatic N) is 7. The molecule has 0 N–H and O–H groups in total. The van der Waals surface area contributed by atoms with Crippen molar-refractivity contribution >= 4 is 11.5 Å². The minimum atomic E-state index is -0.362. The van der Waals surface area contributed by atoms with Crippen molar-refractivity contribution < 1.29 is 9.72 Å². The summed E-state index contributed by atoms with van der Waals surface area (Å²) < 4.78 is 1.54. The number of rotatable bonds is 8. The third kappa shape index (κ3) is 5.36. The predicted octanol–water partition coefficient (Wildman–Crippen LogP) is 1.61. The molecule has 0 aliphatic carbocycles. The highest BCUT2D eigenvalue weighted by atomic mass is 16.6. The number of ketones is 1. The lowest BCUT2D eigenvalue weighted by molar-refractivity contribution is -0.384. The van der Waals surface area contributed by atoms with Gasteiger partial charge in [-0.25, -0.2) is 4.68 Å². The number of non-ortho nitro benzene ring substituents is 1. The van der Waals surface area contributed by atoms with Gasteiger partial charge in [0, 0.05) is 50.4 Å². The Morgan fingerprint density at radius 1 is 1.03 bits per heavy atom. The van der Waals surface area contributed by atoms with E-state index in [1.54, 1.807) is 28.9 Å². The van der Waals surface area contributed by atoms with Gasteiger partial charge in [0.15, 0.2) is 5.78 Å². The number of benzene rings is 2. The Morgan fingerprint density at radius 2 is 1.77 bits per heavy atom. The highest BCUT2D eigenvalue weighted by Crippen LogP contribution is 2.15.